The van der Waals surface area contributed by atoms with Crippen molar-refractivity contribution in [3.8, 4) is 0 Å². The van der Waals surface area contributed by atoms with Crippen LogP contribution in [0.5, 0.6) is 0 Å². The molecule has 0 unspecified atom stereocenters. The number of carbonyl (C=O) groups excluding carboxylic acids is 1. The lowest BCUT2D eigenvalue weighted by atomic mass is 9.89. The number of piperidine rings is 1. The standard InChI is InChI=1S/C19H26N4O2.2C2HF3O2/c1-21(2)19(24)13-9-17-16(6-8-25-17)23(11-13)12-14-10-22(3)18-15(14)5-4-7-20-18;2*3-2(4,5)1(6)7/h4-5,7,10,13,16-17H,6,8-9,11-12H2,1-3H3;2*(H,6,7)/t13-,16+,17+;;/m0../s1. The third-order valence-corrected chi connectivity index (χ3v) is 6.08. The minimum Gasteiger partial charge on any atom is -0.475 e. The molecule has 0 saturated carbocycles. The molecule has 1 amide bonds. The van der Waals surface area contributed by atoms with Gasteiger partial charge in [-0.2, -0.15) is 26.3 Å². The molecule has 218 valence electrons. The van der Waals surface area contributed by atoms with E-state index in [1.165, 1.54) is 10.9 Å². The number of carboxylic acids is 2. The first-order valence-corrected chi connectivity index (χ1v) is 11.5. The smallest absolute Gasteiger partial charge is 0.475 e. The number of fused-ring (bicyclic) bond motifs is 2. The summed E-state index contributed by atoms with van der Waals surface area (Å²) in [5.74, 6) is -5.29. The summed E-state index contributed by atoms with van der Waals surface area (Å²) in [6.45, 7) is 2.44. The Morgan fingerprint density at radius 2 is 1.67 bits per heavy atom. The van der Waals surface area contributed by atoms with Gasteiger partial charge in [-0.05, 0) is 30.5 Å². The fourth-order valence-electron chi connectivity index (χ4n) is 4.42. The van der Waals surface area contributed by atoms with Crippen LogP contribution in [0, 0.1) is 5.92 Å². The maximum atomic E-state index is 12.5. The second-order valence-electron chi connectivity index (χ2n) is 9.11. The molecule has 0 radical (unpaired) electrons. The van der Waals surface area contributed by atoms with Crippen molar-refractivity contribution in [2.45, 2.75) is 43.9 Å². The molecule has 2 fully saturated rings. The Labute approximate surface area is 218 Å². The Hall–Kier alpha value is -3.40. The minimum atomic E-state index is -5.08. The van der Waals surface area contributed by atoms with Crippen LogP contribution in [0.15, 0.2) is 24.5 Å². The Bertz CT molecular complexity index is 1140. The molecule has 2 aromatic rings. The van der Waals surface area contributed by atoms with Gasteiger partial charge in [-0.25, -0.2) is 14.6 Å². The van der Waals surface area contributed by atoms with Crippen molar-refractivity contribution >= 4 is 28.9 Å². The summed E-state index contributed by atoms with van der Waals surface area (Å²) in [5.41, 5.74) is 2.28. The van der Waals surface area contributed by atoms with Crippen molar-refractivity contribution in [1.29, 1.82) is 0 Å². The normalized spacial score (nSPS) is 21.2. The first-order chi connectivity index (χ1) is 17.9. The summed E-state index contributed by atoms with van der Waals surface area (Å²) >= 11 is 0. The van der Waals surface area contributed by atoms with E-state index in [4.69, 9.17) is 24.5 Å². The van der Waals surface area contributed by atoms with Crippen LogP contribution in [-0.2, 0) is 32.7 Å². The number of rotatable bonds is 3. The van der Waals surface area contributed by atoms with Crippen molar-refractivity contribution in [2.75, 3.05) is 27.2 Å². The SMILES string of the molecule is CN(C)C(=O)[C@H]1C[C@H]2OCC[C@H]2N(Cc2cn(C)c3ncccc23)C1.O=C(O)C(F)(F)F.O=C(O)C(F)(F)F. The van der Waals surface area contributed by atoms with Gasteiger partial charge >= 0.3 is 24.3 Å². The Kier molecular flexibility index (Phi) is 10.3. The number of halogens is 6. The maximum absolute atomic E-state index is 12.5. The second kappa shape index (κ2) is 12.6. The Balaban J connectivity index is 0.000000317. The second-order valence-corrected chi connectivity index (χ2v) is 9.11. The van der Waals surface area contributed by atoms with Crippen molar-refractivity contribution in [1.82, 2.24) is 19.4 Å². The molecule has 0 spiro atoms. The molecule has 0 bridgehead atoms. The van der Waals surface area contributed by atoms with Crippen LogP contribution in [0.2, 0.25) is 0 Å². The molecule has 0 aromatic carbocycles. The topological polar surface area (TPSA) is 125 Å². The number of pyridine rings is 1. The zero-order valence-corrected chi connectivity index (χ0v) is 21.2. The highest BCUT2D eigenvalue weighted by molar-refractivity contribution is 5.80. The van der Waals surface area contributed by atoms with Crippen LogP contribution < -0.4 is 0 Å². The van der Waals surface area contributed by atoms with E-state index in [9.17, 15) is 31.1 Å². The van der Waals surface area contributed by atoms with Crippen molar-refractivity contribution < 1.29 is 55.7 Å². The number of hydrogen-bond acceptors (Lipinski definition) is 6. The van der Waals surface area contributed by atoms with Crippen LogP contribution >= 0.6 is 0 Å². The maximum Gasteiger partial charge on any atom is 0.490 e. The third kappa shape index (κ3) is 8.54. The molecule has 39 heavy (non-hydrogen) atoms. The Morgan fingerprint density at radius 3 is 2.18 bits per heavy atom. The van der Waals surface area contributed by atoms with Crippen LogP contribution in [0.4, 0.5) is 26.3 Å². The summed E-state index contributed by atoms with van der Waals surface area (Å²) in [5, 5.41) is 15.4. The minimum absolute atomic E-state index is 0.0162. The lowest BCUT2D eigenvalue weighted by Crippen LogP contribution is -2.52. The number of likely N-dealkylation sites (tertiary alicyclic amines) is 1. The number of aryl methyl sites for hydroxylation is 1. The van der Waals surface area contributed by atoms with Gasteiger partial charge in [0.2, 0.25) is 5.91 Å². The van der Waals surface area contributed by atoms with E-state index in [1.807, 2.05) is 33.4 Å². The predicted octanol–water partition coefficient (Wildman–Crippen LogP) is 2.91. The number of amides is 1. The quantitative estimate of drug-likeness (QED) is 0.540. The average Bonchev–Trinajstić information content (AvgIpc) is 3.43. The number of alkyl halides is 6. The van der Waals surface area contributed by atoms with Crippen LogP contribution in [0.1, 0.15) is 18.4 Å². The number of carbonyl (C=O) groups is 3. The lowest BCUT2D eigenvalue weighted by Gasteiger charge is -2.40. The molecule has 2 aliphatic heterocycles. The first-order valence-electron chi connectivity index (χ1n) is 11.5. The van der Waals surface area contributed by atoms with Gasteiger partial charge in [0.25, 0.3) is 0 Å². The number of hydrogen-bond donors (Lipinski definition) is 2. The molecule has 2 N–H and O–H groups in total. The largest absolute Gasteiger partial charge is 0.490 e. The molecular formula is C23H28F6N4O6. The molecule has 4 heterocycles. The molecule has 2 aromatic heterocycles. The number of aromatic nitrogens is 2. The molecule has 16 heteroatoms. The van der Waals surface area contributed by atoms with Crippen LogP contribution in [0.3, 0.4) is 0 Å². The van der Waals surface area contributed by atoms with Gasteiger partial charge in [0, 0.05) is 64.7 Å². The van der Waals surface area contributed by atoms with Gasteiger partial charge in [-0.15, -0.1) is 0 Å². The van der Waals surface area contributed by atoms with E-state index >= 15 is 0 Å². The molecular weight excluding hydrogens is 542 g/mol. The van der Waals surface area contributed by atoms with Gasteiger partial charge in [0.15, 0.2) is 0 Å². The predicted molar refractivity (Wildman–Crippen MR) is 123 cm³/mol. The van der Waals surface area contributed by atoms with E-state index in [-0.39, 0.29) is 17.9 Å². The Morgan fingerprint density at radius 1 is 1.10 bits per heavy atom. The highest BCUT2D eigenvalue weighted by Crippen LogP contribution is 2.34. The van der Waals surface area contributed by atoms with Crippen molar-refractivity contribution in [3.05, 3.63) is 30.1 Å². The zero-order chi connectivity index (χ0) is 29.7. The summed E-state index contributed by atoms with van der Waals surface area (Å²) in [6, 6.07) is 4.53. The van der Waals surface area contributed by atoms with Gasteiger partial charge < -0.3 is 24.4 Å². The van der Waals surface area contributed by atoms with Gasteiger partial charge in [0.1, 0.15) is 5.65 Å². The highest BCUT2D eigenvalue weighted by atomic mass is 19.4. The van der Waals surface area contributed by atoms with Crippen LogP contribution in [0.25, 0.3) is 11.0 Å². The molecule has 2 saturated heterocycles. The highest BCUT2D eigenvalue weighted by Gasteiger charge is 2.43. The summed E-state index contributed by atoms with van der Waals surface area (Å²) in [7, 11) is 5.71. The number of aliphatic carboxylic acids is 2. The van der Waals surface area contributed by atoms with E-state index in [0.717, 1.165) is 38.2 Å². The van der Waals surface area contributed by atoms with Crippen molar-refractivity contribution in [2.24, 2.45) is 13.0 Å². The van der Waals surface area contributed by atoms with E-state index in [0.29, 0.717) is 6.04 Å². The van der Waals surface area contributed by atoms with E-state index in [2.05, 4.69) is 26.7 Å². The monoisotopic (exact) mass is 570 g/mol. The number of nitrogens with zero attached hydrogens (tertiary/aromatic N) is 4. The van der Waals surface area contributed by atoms with Gasteiger partial charge in [0.05, 0.1) is 12.0 Å². The summed E-state index contributed by atoms with van der Waals surface area (Å²) in [4.78, 5) is 39.0. The van der Waals surface area contributed by atoms with Gasteiger partial charge in [-0.1, -0.05) is 0 Å². The summed E-state index contributed by atoms with van der Waals surface area (Å²) < 4.78 is 71.5. The molecule has 4 rings (SSSR count). The number of ether oxygens (including phenoxy) is 1. The molecule has 2 aliphatic rings. The number of carboxylic acid groups (broad SMARTS) is 2. The summed E-state index contributed by atoms with van der Waals surface area (Å²) in [6.07, 6.45) is -4.10. The fraction of sp³-hybridized carbons (Fsp3) is 0.565. The van der Waals surface area contributed by atoms with Crippen molar-refractivity contribution in [3.63, 3.8) is 0 Å². The third-order valence-electron chi connectivity index (χ3n) is 6.08. The van der Waals surface area contributed by atoms with Crippen LogP contribution in [-0.4, -0.2) is 99.2 Å². The zero-order valence-electron chi connectivity index (χ0n) is 21.2. The first kappa shape index (κ1) is 31.8. The lowest BCUT2D eigenvalue weighted by molar-refractivity contribution is -0.193. The van der Waals surface area contributed by atoms with Gasteiger partial charge in [-0.3, -0.25) is 9.69 Å². The van der Waals surface area contributed by atoms with E-state index in [1.54, 1.807) is 4.90 Å². The molecule has 10 nitrogen and oxygen atoms in total. The average molecular weight is 570 g/mol. The molecule has 0 aliphatic carbocycles. The van der Waals surface area contributed by atoms with E-state index < -0.39 is 24.3 Å². The fourth-order valence-corrected chi connectivity index (χ4v) is 4.42. The molecule has 3 atom stereocenters.